The molecule has 1 aromatic carbocycles. The molecule has 0 amide bonds. The van der Waals surface area contributed by atoms with Crippen LogP contribution in [-0.2, 0) is 7.05 Å². The van der Waals surface area contributed by atoms with Crippen molar-refractivity contribution in [3.63, 3.8) is 0 Å². The van der Waals surface area contributed by atoms with E-state index in [1.54, 1.807) is 6.20 Å². The standard InChI is InChI=1S/C11H8N3S/c1-14-7-13-9-3-2-8(6-10(9)14)11-12-4-5-15-11/h2-4,6-7H,1H3. The van der Waals surface area contributed by atoms with Gasteiger partial charge >= 0.3 is 0 Å². The quantitative estimate of drug-likeness (QED) is 0.623. The second-order valence-electron chi connectivity index (χ2n) is 3.34. The SMILES string of the molecule is Cn1cnc2ccc(-c3nc[c]s3)cc21. The molecule has 0 saturated heterocycles. The van der Waals surface area contributed by atoms with Gasteiger partial charge in [-0.25, -0.2) is 9.97 Å². The summed E-state index contributed by atoms with van der Waals surface area (Å²) in [7, 11) is 1.99. The van der Waals surface area contributed by atoms with Crippen molar-refractivity contribution >= 4 is 22.4 Å². The van der Waals surface area contributed by atoms with E-state index in [1.165, 1.54) is 11.3 Å². The van der Waals surface area contributed by atoms with Gasteiger partial charge in [-0.15, -0.1) is 11.3 Å². The summed E-state index contributed by atoms with van der Waals surface area (Å²) in [6, 6.07) is 6.17. The zero-order chi connectivity index (χ0) is 10.3. The van der Waals surface area contributed by atoms with Crippen LogP contribution in [0.15, 0.2) is 30.7 Å². The number of imidazole rings is 1. The van der Waals surface area contributed by atoms with E-state index in [0.29, 0.717) is 0 Å². The van der Waals surface area contributed by atoms with Crippen LogP contribution in [0.3, 0.4) is 0 Å². The normalized spacial score (nSPS) is 11.0. The first-order valence-corrected chi connectivity index (χ1v) is 5.39. The van der Waals surface area contributed by atoms with Crippen molar-refractivity contribution < 1.29 is 0 Å². The first-order valence-electron chi connectivity index (χ1n) is 4.58. The van der Waals surface area contributed by atoms with Crippen LogP contribution in [0.4, 0.5) is 0 Å². The van der Waals surface area contributed by atoms with Gasteiger partial charge in [-0.1, -0.05) is 0 Å². The Hall–Kier alpha value is -1.68. The number of fused-ring (bicyclic) bond motifs is 1. The van der Waals surface area contributed by atoms with Gasteiger partial charge in [-0.05, 0) is 18.2 Å². The van der Waals surface area contributed by atoms with Crippen molar-refractivity contribution in [1.29, 1.82) is 0 Å². The molecule has 0 aliphatic carbocycles. The molecule has 0 saturated carbocycles. The molecule has 0 bridgehead atoms. The Morgan fingerprint density at radius 1 is 1.33 bits per heavy atom. The van der Waals surface area contributed by atoms with E-state index < -0.39 is 0 Å². The van der Waals surface area contributed by atoms with E-state index >= 15 is 0 Å². The number of rotatable bonds is 1. The molecular weight excluding hydrogens is 206 g/mol. The van der Waals surface area contributed by atoms with Crippen molar-refractivity contribution in [1.82, 2.24) is 14.5 Å². The second-order valence-corrected chi connectivity index (χ2v) is 4.17. The van der Waals surface area contributed by atoms with Crippen LogP contribution in [-0.4, -0.2) is 14.5 Å². The van der Waals surface area contributed by atoms with Crippen LogP contribution in [0.2, 0.25) is 0 Å². The fourth-order valence-electron chi connectivity index (χ4n) is 1.59. The molecule has 0 atom stereocenters. The lowest BCUT2D eigenvalue weighted by Gasteiger charge is -1.98. The Bertz CT molecular complexity index is 595. The summed E-state index contributed by atoms with van der Waals surface area (Å²) < 4.78 is 2.01. The number of nitrogens with zero attached hydrogens (tertiary/aromatic N) is 3. The van der Waals surface area contributed by atoms with Gasteiger partial charge in [-0.3, -0.25) is 0 Å². The van der Waals surface area contributed by atoms with Gasteiger partial charge in [0, 0.05) is 18.8 Å². The highest BCUT2D eigenvalue weighted by Crippen LogP contribution is 2.24. The first-order chi connectivity index (χ1) is 7.34. The predicted molar refractivity (Wildman–Crippen MR) is 60.7 cm³/mol. The molecule has 0 aliphatic rings. The molecule has 0 aliphatic heterocycles. The number of hydrogen-bond acceptors (Lipinski definition) is 3. The van der Waals surface area contributed by atoms with Gasteiger partial charge in [0.2, 0.25) is 0 Å². The van der Waals surface area contributed by atoms with Gasteiger partial charge in [0.05, 0.1) is 22.7 Å². The van der Waals surface area contributed by atoms with Crippen LogP contribution in [0, 0.1) is 5.38 Å². The number of aryl methyl sites for hydroxylation is 1. The summed E-state index contributed by atoms with van der Waals surface area (Å²) >= 11 is 1.53. The summed E-state index contributed by atoms with van der Waals surface area (Å²) in [5.41, 5.74) is 3.27. The van der Waals surface area contributed by atoms with Gasteiger partial charge in [0.25, 0.3) is 0 Å². The lowest BCUT2D eigenvalue weighted by molar-refractivity contribution is 0.948. The zero-order valence-electron chi connectivity index (χ0n) is 8.14. The topological polar surface area (TPSA) is 30.7 Å². The highest BCUT2D eigenvalue weighted by atomic mass is 32.1. The Balaban J connectivity index is 2.25. The fraction of sp³-hybridized carbons (Fsp3) is 0.0909. The van der Waals surface area contributed by atoms with Gasteiger partial charge in [0.15, 0.2) is 0 Å². The molecular formula is C11H8N3S. The Morgan fingerprint density at radius 3 is 3.07 bits per heavy atom. The van der Waals surface area contributed by atoms with Crippen LogP contribution in [0.1, 0.15) is 0 Å². The number of thiazole rings is 1. The Kier molecular flexibility index (Phi) is 1.82. The maximum atomic E-state index is 4.28. The minimum atomic E-state index is 0.998. The molecule has 4 heteroatoms. The van der Waals surface area contributed by atoms with Gasteiger partial charge < -0.3 is 4.57 Å². The predicted octanol–water partition coefficient (Wildman–Crippen LogP) is 2.50. The number of aromatic nitrogens is 3. The molecule has 0 fully saturated rings. The third kappa shape index (κ3) is 1.34. The third-order valence-corrected chi connectivity index (χ3v) is 3.12. The van der Waals surface area contributed by atoms with Gasteiger partial charge in [-0.2, -0.15) is 0 Å². The lowest BCUT2D eigenvalue weighted by atomic mass is 10.2. The lowest BCUT2D eigenvalue weighted by Crippen LogP contribution is -1.84. The van der Waals surface area contributed by atoms with E-state index in [9.17, 15) is 0 Å². The van der Waals surface area contributed by atoms with Crippen LogP contribution >= 0.6 is 11.3 Å². The summed E-state index contributed by atoms with van der Waals surface area (Å²) in [6.07, 6.45) is 3.52. The minimum absolute atomic E-state index is 0.998. The average Bonchev–Trinajstić information content (AvgIpc) is 2.88. The Morgan fingerprint density at radius 2 is 2.27 bits per heavy atom. The molecule has 1 radical (unpaired) electrons. The molecule has 0 spiro atoms. The molecule has 3 nitrogen and oxygen atoms in total. The second kappa shape index (κ2) is 3.17. The van der Waals surface area contributed by atoms with Crippen molar-refractivity contribution in [2.75, 3.05) is 0 Å². The average molecular weight is 214 g/mol. The molecule has 0 N–H and O–H groups in total. The minimum Gasteiger partial charge on any atom is -0.334 e. The molecule has 3 aromatic rings. The van der Waals surface area contributed by atoms with E-state index in [2.05, 4.69) is 21.4 Å². The molecule has 3 rings (SSSR count). The summed E-state index contributed by atoms with van der Waals surface area (Å²) in [4.78, 5) is 8.52. The van der Waals surface area contributed by atoms with Crippen LogP contribution in [0.5, 0.6) is 0 Å². The maximum Gasteiger partial charge on any atom is 0.123 e. The fourth-order valence-corrected chi connectivity index (χ4v) is 2.15. The number of hydrogen-bond donors (Lipinski definition) is 0. The van der Waals surface area contributed by atoms with E-state index in [1.807, 2.05) is 30.1 Å². The zero-order valence-corrected chi connectivity index (χ0v) is 8.95. The van der Waals surface area contributed by atoms with Crippen LogP contribution < -0.4 is 0 Å². The molecule has 0 unspecified atom stereocenters. The van der Waals surface area contributed by atoms with Gasteiger partial charge in [0.1, 0.15) is 5.01 Å². The van der Waals surface area contributed by atoms with Crippen molar-refractivity contribution in [3.8, 4) is 10.6 Å². The van der Waals surface area contributed by atoms with E-state index in [-0.39, 0.29) is 0 Å². The van der Waals surface area contributed by atoms with Crippen molar-refractivity contribution in [2.45, 2.75) is 0 Å². The first kappa shape index (κ1) is 8.61. The van der Waals surface area contributed by atoms with E-state index in [0.717, 1.165) is 21.6 Å². The summed E-state index contributed by atoms with van der Waals surface area (Å²) in [6.45, 7) is 0. The third-order valence-electron chi connectivity index (χ3n) is 2.36. The number of benzene rings is 1. The summed E-state index contributed by atoms with van der Waals surface area (Å²) in [5.74, 6) is 0. The monoisotopic (exact) mass is 214 g/mol. The molecule has 2 heterocycles. The highest BCUT2D eigenvalue weighted by Gasteiger charge is 2.04. The molecule has 2 aromatic heterocycles. The van der Waals surface area contributed by atoms with Crippen LogP contribution in [0.25, 0.3) is 21.6 Å². The van der Waals surface area contributed by atoms with Crippen molar-refractivity contribution in [3.05, 3.63) is 36.1 Å². The summed E-state index contributed by atoms with van der Waals surface area (Å²) in [5, 5.41) is 3.99. The maximum absolute atomic E-state index is 4.28. The largest absolute Gasteiger partial charge is 0.334 e. The highest BCUT2D eigenvalue weighted by molar-refractivity contribution is 7.12. The van der Waals surface area contributed by atoms with Crippen molar-refractivity contribution in [2.24, 2.45) is 7.05 Å². The Labute approximate surface area is 91.0 Å². The smallest absolute Gasteiger partial charge is 0.123 e. The molecule has 15 heavy (non-hydrogen) atoms. The van der Waals surface area contributed by atoms with E-state index in [4.69, 9.17) is 0 Å². The molecule has 73 valence electrons.